The maximum atomic E-state index is 13.1. The highest BCUT2D eigenvalue weighted by molar-refractivity contribution is 7.99. The lowest BCUT2D eigenvalue weighted by molar-refractivity contribution is 0.102. The summed E-state index contributed by atoms with van der Waals surface area (Å²) in [5.41, 5.74) is 0.954. The second-order valence-electron chi connectivity index (χ2n) is 6.67. The quantitative estimate of drug-likeness (QED) is 0.293. The molecule has 0 amide bonds. The van der Waals surface area contributed by atoms with Crippen molar-refractivity contribution in [3.63, 3.8) is 0 Å². The number of thioether (sulfide) groups is 1. The fourth-order valence-corrected chi connectivity index (χ4v) is 4.15. The molecule has 0 aliphatic rings. The Labute approximate surface area is 179 Å². The summed E-state index contributed by atoms with van der Waals surface area (Å²) in [5, 5.41) is 1.02. The average Bonchev–Trinajstić information content (AvgIpc) is 2.77. The minimum absolute atomic E-state index is 0.102. The molecule has 3 rings (SSSR count). The maximum Gasteiger partial charge on any atom is 0.262 e. The Morgan fingerprint density at radius 2 is 1.83 bits per heavy atom. The van der Waals surface area contributed by atoms with Crippen LogP contribution in [0.2, 0.25) is 0 Å². The summed E-state index contributed by atoms with van der Waals surface area (Å²) in [6.07, 6.45) is 0. The van der Waals surface area contributed by atoms with Crippen molar-refractivity contribution in [2.45, 2.75) is 18.1 Å². The first-order valence-electron chi connectivity index (χ1n) is 9.38. The second kappa shape index (κ2) is 9.77. The van der Waals surface area contributed by atoms with Gasteiger partial charge in [0.25, 0.3) is 5.56 Å². The number of hydrogen-bond donors (Lipinski definition) is 0. The van der Waals surface area contributed by atoms with Crippen LogP contribution in [0, 0.1) is 0 Å². The van der Waals surface area contributed by atoms with Gasteiger partial charge < -0.3 is 14.2 Å². The SMILES string of the molecule is COC[C@H](C)n1c(SCC(=O)c2ccc(OC)c(OC)c2)nc2ccccc2c1=O. The molecule has 158 valence electrons. The number of nitrogens with zero attached hydrogens (tertiary/aromatic N) is 2. The number of ketones is 1. The first kappa shape index (κ1) is 21.9. The van der Waals surface area contributed by atoms with Crippen LogP contribution >= 0.6 is 11.8 Å². The van der Waals surface area contributed by atoms with Gasteiger partial charge in [-0.2, -0.15) is 0 Å². The van der Waals surface area contributed by atoms with Gasteiger partial charge >= 0.3 is 0 Å². The molecular formula is C22H24N2O5S. The minimum Gasteiger partial charge on any atom is -0.493 e. The number of fused-ring (bicyclic) bond motifs is 1. The molecule has 30 heavy (non-hydrogen) atoms. The molecule has 0 saturated carbocycles. The van der Waals surface area contributed by atoms with Gasteiger partial charge in [0.15, 0.2) is 22.4 Å². The molecule has 3 aromatic rings. The van der Waals surface area contributed by atoms with E-state index in [1.807, 2.05) is 19.1 Å². The Kier molecular flexibility index (Phi) is 7.12. The summed E-state index contributed by atoms with van der Waals surface area (Å²) >= 11 is 1.23. The van der Waals surface area contributed by atoms with Gasteiger partial charge in [0.2, 0.25) is 0 Å². The number of para-hydroxylation sites is 1. The van der Waals surface area contributed by atoms with Crippen molar-refractivity contribution in [2.24, 2.45) is 0 Å². The van der Waals surface area contributed by atoms with Crippen molar-refractivity contribution in [1.29, 1.82) is 0 Å². The molecule has 1 heterocycles. The average molecular weight is 429 g/mol. The molecule has 0 unspecified atom stereocenters. The van der Waals surface area contributed by atoms with E-state index < -0.39 is 0 Å². The number of benzene rings is 2. The summed E-state index contributed by atoms with van der Waals surface area (Å²) in [6.45, 7) is 2.25. The number of aromatic nitrogens is 2. The van der Waals surface area contributed by atoms with Crippen LogP contribution in [0.5, 0.6) is 11.5 Å². The number of Topliss-reactive ketones (excluding diaryl/α,β-unsaturated/α-hetero) is 1. The van der Waals surface area contributed by atoms with Gasteiger partial charge in [0.1, 0.15) is 0 Å². The fraction of sp³-hybridized carbons (Fsp3) is 0.318. The lowest BCUT2D eigenvalue weighted by Crippen LogP contribution is -2.28. The maximum absolute atomic E-state index is 13.1. The number of hydrogen-bond acceptors (Lipinski definition) is 7. The van der Waals surface area contributed by atoms with Crippen molar-refractivity contribution in [1.82, 2.24) is 9.55 Å². The van der Waals surface area contributed by atoms with Crippen LogP contribution in [-0.4, -0.2) is 49.0 Å². The van der Waals surface area contributed by atoms with Crippen molar-refractivity contribution in [2.75, 3.05) is 33.7 Å². The third-order valence-electron chi connectivity index (χ3n) is 4.66. The monoisotopic (exact) mass is 428 g/mol. The highest BCUT2D eigenvalue weighted by Gasteiger charge is 2.18. The molecule has 2 aromatic carbocycles. The molecule has 7 nitrogen and oxygen atoms in total. The van der Waals surface area contributed by atoms with E-state index in [-0.39, 0.29) is 23.1 Å². The van der Waals surface area contributed by atoms with Crippen LogP contribution in [0.25, 0.3) is 10.9 Å². The van der Waals surface area contributed by atoms with Crippen LogP contribution in [0.4, 0.5) is 0 Å². The zero-order valence-corrected chi connectivity index (χ0v) is 18.2. The third-order valence-corrected chi connectivity index (χ3v) is 5.61. The van der Waals surface area contributed by atoms with Gasteiger partial charge in [-0.25, -0.2) is 4.98 Å². The number of methoxy groups -OCH3 is 3. The van der Waals surface area contributed by atoms with Crippen LogP contribution < -0.4 is 15.0 Å². The number of ether oxygens (including phenoxy) is 3. The standard InChI is InChI=1S/C22H24N2O5S/c1-14(12-27-2)24-21(26)16-7-5-6-8-17(16)23-22(24)30-13-18(25)15-9-10-19(28-3)20(11-15)29-4/h5-11,14H,12-13H2,1-4H3/t14-/m0/s1. The summed E-state index contributed by atoms with van der Waals surface area (Å²) in [7, 11) is 4.65. The third kappa shape index (κ3) is 4.49. The molecule has 0 bridgehead atoms. The molecule has 0 fully saturated rings. The van der Waals surface area contributed by atoms with Gasteiger partial charge in [0.05, 0.1) is 43.5 Å². The van der Waals surface area contributed by atoms with Crippen LogP contribution in [0.1, 0.15) is 23.3 Å². The molecule has 0 spiro atoms. The Hall–Kier alpha value is -2.84. The largest absolute Gasteiger partial charge is 0.493 e. The zero-order chi connectivity index (χ0) is 21.7. The smallest absolute Gasteiger partial charge is 0.262 e. The normalized spacial score (nSPS) is 12.0. The van der Waals surface area contributed by atoms with E-state index >= 15 is 0 Å². The zero-order valence-electron chi connectivity index (χ0n) is 17.4. The molecule has 0 aliphatic heterocycles. The molecule has 0 saturated heterocycles. The lowest BCUT2D eigenvalue weighted by Gasteiger charge is -2.18. The van der Waals surface area contributed by atoms with Crippen molar-refractivity contribution in [3.05, 3.63) is 58.4 Å². The predicted octanol–water partition coefficient (Wildman–Crippen LogP) is 3.60. The molecule has 0 aliphatic carbocycles. The first-order valence-corrected chi connectivity index (χ1v) is 10.4. The predicted molar refractivity (Wildman–Crippen MR) is 117 cm³/mol. The first-order chi connectivity index (χ1) is 14.5. The highest BCUT2D eigenvalue weighted by atomic mass is 32.2. The summed E-state index contributed by atoms with van der Waals surface area (Å²) in [5.74, 6) is 1.07. The number of carbonyl (C=O) groups excluding carboxylic acids is 1. The second-order valence-corrected chi connectivity index (χ2v) is 7.62. The number of rotatable bonds is 9. The van der Waals surface area contributed by atoms with E-state index in [0.717, 1.165) is 0 Å². The Balaban J connectivity index is 1.92. The van der Waals surface area contributed by atoms with E-state index in [2.05, 4.69) is 4.98 Å². The van der Waals surface area contributed by atoms with Crippen LogP contribution in [0.15, 0.2) is 52.4 Å². The Bertz CT molecular complexity index is 1110. The van der Waals surface area contributed by atoms with Gasteiger partial charge in [-0.3, -0.25) is 14.2 Å². The lowest BCUT2D eigenvalue weighted by atomic mass is 10.1. The topological polar surface area (TPSA) is 79.7 Å². The van der Waals surface area contributed by atoms with Crippen molar-refractivity contribution >= 4 is 28.4 Å². The van der Waals surface area contributed by atoms with E-state index in [0.29, 0.717) is 39.7 Å². The molecule has 8 heteroatoms. The van der Waals surface area contributed by atoms with E-state index in [9.17, 15) is 9.59 Å². The molecule has 0 radical (unpaired) electrons. The Morgan fingerprint density at radius 1 is 1.10 bits per heavy atom. The van der Waals surface area contributed by atoms with E-state index in [1.165, 1.54) is 18.9 Å². The molecule has 1 atom stereocenters. The minimum atomic E-state index is -0.224. The summed E-state index contributed by atoms with van der Waals surface area (Å²) < 4.78 is 17.3. The van der Waals surface area contributed by atoms with Gasteiger partial charge in [-0.1, -0.05) is 23.9 Å². The van der Waals surface area contributed by atoms with Gasteiger partial charge in [-0.05, 0) is 37.3 Å². The molecule has 1 aromatic heterocycles. The van der Waals surface area contributed by atoms with E-state index in [1.54, 1.807) is 49.1 Å². The van der Waals surface area contributed by atoms with Crippen LogP contribution in [-0.2, 0) is 4.74 Å². The van der Waals surface area contributed by atoms with E-state index in [4.69, 9.17) is 14.2 Å². The highest BCUT2D eigenvalue weighted by Crippen LogP contribution is 2.29. The summed E-state index contributed by atoms with van der Waals surface area (Å²) in [4.78, 5) is 30.5. The van der Waals surface area contributed by atoms with Crippen LogP contribution in [0.3, 0.4) is 0 Å². The fourth-order valence-electron chi connectivity index (χ4n) is 3.15. The summed E-state index contributed by atoms with van der Waals surface area (Å²) in [6, 6.07) is 12.0. The molecular weight excluding hydrogens is 404 g/mol. The number of carbonyl (C=O) groups is 1. The van der Waals surface area contributed by atoms with Gasteiger partial charge in [-0.15, -0.1) is 0 Å². The Morgan fingerprint density at radius 3 is 2.53 bits per heavy atom. The molecule has 0 N–H and O–H groups in total. The van der Waals surface area contributed by atoms with Crippen molar-refractivity contribution < 1.29 is 19.0 Å². The van der Waals surface area contributed by atoms with Crippen molar-refractivity contribution in [3.8, 4) is 11.5 Å². The van der Waals surface area contributed by atoms with Gasteiger partial charge in [0, 0.05) is 12.7 Å².